The first-order chi connectivity index (χ1) is 8.99. The molecule has 1 unspecified atom stereocenters. The van der Waals surface area contributed by atoms with Crippen LogP contribution in [-0.2, 0) is 21.0 Å². The lowest BCUT2D eigenvalue weighted by atomic mass is 10.2. The molecule has 0 N–H and O–H groups in total. The van der Waals surface area contributed by atoms with Crippen LogP contribution in [0, 0.1) is 0 Å². The molecule has 0 aromatic carbocycles. The van der Waals surface area contributed by atoms with Crippen LogP contribution in [0.15, 0.2) is 16.5 Å². The van der Waals surface area contributed by atoms with Crippen molar-refractivity contribution < 1.29 is 17.6 Å². The van der Waals surface area contributed by atoms with E-state index in [1.807, 2.05) is 19.1 Å². The number of hydrogen-bond donors (Lipinski definition) is 0. The van der Waals surface area contributed by atoms with Gasteiger partial charge in [-0.2, -0.15) is 0 Å². The SMILES string of the molecule is CCc1ccc(C2COCCN2CCS(C)(=O)=O)o1. The highest BCUT2D eigenvalue weighted by Gasteiger charge is 2.27. The molecule has 1 aliphatic heterocycles. The maximum Gasteiger partial charge on any atom is 0.148 e. The summed E-state index contributed by atoms with van der Waals surface area (Å²) in [5.74, 6) is 1.99. The van der Waals surface area contributed by atoms with Gasteiger partial charge in [0, 0.05) is 25.8 Å². The fraction of sp³-hybridized carbons (Fsp3) is 0.692. The molecule has 2 rings (SSSR count). The van der Waals surface area contributed by atoms with Crippen LogP contribution in [-0.4, -0.2) is 51.6 Å². The summed E-state index contributed by atoms with van der Waals surface area (Å²) in [6, 6.07) is 3.96. The largest absolute Gasteiger partial charge is 0.464 e. The van der Waals surface area contributed by atoms with Crippen LogP contribution in [0.25, 0.3) is 0 Å². The Morgan fingerprint density at radius 1 is 1.42 bits per heavy atom. The fourth-order valence-electron chi connectivity index (χ4n) is 2.21. The van der Waals surface area contributed by atoms with Crippen molar-refractivity contribution >= 4 is 9.84 Å². The maximum absolute atomic E-state index is 11.3. The molecular weight excluding hydrogens is 266 g/mol. The highest BCUT2D eigenvalue weighted by atomic mass is 32.2. The molecule has 1 aliphatic rings. The lowest BCUT2D eigenvalue weighted by Crippen LogP contribution is -2.41. The molecule has 1 saturated heterocycles. The van der Waals surface area contributed by atoms with Gasteiger partial charge in [0.25, 0.3) is 0 Å². The van der Waals surface area contributed by atoms with Crippen molar-refractivity contribution in [2.24, 2.45) is 0 Å². The Morgan fingerprint density at radius 2 is 2.21 bits per heavy atom. The third-order valence-electron chi connectivity index (χ3n) is 3.35. The summed E-state index contributed by atoms with van der Waals surface area (Å²) in [7, 11) is -2.94. The number of ether oxygens (including phenoxy) is 1. The molecule has 0 bridgehead atoms. The van der Waals surface area contributed by atoms with E-state index in [4.69, 9.17) is 9.15 Å². The molecule has 0 radical (unpaired) electrons. The summed E-state index contributed by atoms with van der Waals surface area (Å²) in [6.45, 7) is 4.50. The molecule has 5 nitrogen and oxygen atoms in total. The fourth-order valence-corrected chi connectivity index (χ4v) is 2.78. The lowest BCUT2D eigenvalue weighted by Gasteiger charge is -2.34. The number of nitrogens with zero attached hydrogens (tertiary/aromatic N) is 1. The topological polar surface area (TPSA) is 59.8 Å². The second-order valence-electron chi connectivity index (χ2n) is 4.91. The van der Waals surface area contributed by atoms with Crippen molar-refractivity contribution in [3.05, 3.63) is 23.7 Å². The van der Waals surface area contributed by atoms with Crippen LogP contribution in [0.1, 0.15) is 24.5 Å². The van der Waals surface area contributed by atoms with Crippen LogP contribution in [0.3, 0.4) is 0 Å². The molecule has 19 heavy (non-hydrogen) atoms. The van der Waals surface area contributed by atoms with E-state index in [1.165, 1.54) is 6.26 Å². The Hall–Kier alpha value is -0.850. The van der Waals surface area contributed by atoms with Crippen LogP contribution in [0.5, 0.6) is 0 Å². The Labute approximate surface area is 114 Å². The van der Waals surface area contributed by atoms with Gasteiger partial charge in [-0.3, -0.25) is 4.90 Å². The monoisotopic (exact) mass is 287 g/mol. The van der Waals surface area contributed by atoms with Gasteiger partial charge < -0.3 is 9.15 Å². The van der Waals surface area contributed by atoms with Gasteiger partial charge in [0.1, 0.15) is 21.4 Å². The van der Waals surface area contributed by atoms with Crippen LogP contribution < -0.4 is 0 Å². The highest BCUT2D eigenvalue weighted by molar-refractivity contribution is 7.90. The second-order valence-corrected chi connectivity index (χ2v) is 7.17. The highest BCUT2D eigenvalue weighted by Crippen LogP contribution is 2.26. The summed E-state index contributed by atoms with van der Waals surface area (Å²) >= 11 is 0. The van der Waals surface area contributed by atoms with E-state index in [2.05, 4.69) is 4.90 Å². The van der Waals surface area contributed by atoms with E-state index >= 15 is 0 Å². The zero-order chi connectivity index (χ0) is 13.9. The molecule has 6 heteroatoms. The molecule has 1 aromatic heterocycles. The Kier molecular flexibility index (Phi) is 4.65. The van der Waals surface area contributed by atoms with Crippen molar-refractivity contribution in [2.45, 2.75) is 19.4 Å². The minimum atomic E-state index is -2.94. The van der Waals surface area contributed by atoms with E-state index in [9.17, 15) is 8.42 Å². The van der Waals surface area contributed by atoms with Gasteiger partial charge in [-0.15, -0.1) is 0 Å². The molecule has 0 amide bonds. The van der Waals surface area contributed by atoms with Crippen LogP contribution in [0.2, 0.25) is 0 Å². The molecule has 0 spiro atoms. The van der Waals surface area contributed by atoms with Gasteiger partial charge in [0.2, 0.25) is 0 Å². The quantitative estimate of drug-likeness (QED) is 0.816. The van der Waals surface area contributed by atoms with Crippen molar-refractivity contribution in [1.29, 1.82) is 0 Å². The van der Waals surface area contributed by atoms with Crippen molar-refractivity contribution in [1.82, 2.24) is 4.90 Å². The zero-order valence-electron chi connectivity index (χ0n) is 11.5. The van der Waals surface area contributed by atoms with Crippen LogP contribution >= 0.6 is 0 Å². The summed E-state index contributed by atoms with van der Waals surface area (Å²) in [5, 5.41) is 0. The second kappa shape index (κ2) is 6.07. The zero-order valence-corrected chi connectivity index (χ0v) is 12.3. The molecular formula is C13H21NO4S. The minimum absolute atomic E-state index is 0.0239. The minimum Gasteiger partial charge on any atom is -0.464 e. The van der Waals surface area contributed by atoms with Gasteiger partial charge in [-0.05, 0) is 12.1 Å². The van der Waals surface area contributed by atoms with E-state index in [0.29, 0.717) is 19.8 Å². The first kappa shape index (κ1) is 14.6. The number of hydrogen-bond acceptors (Lipinski definition) is 5. The van der Waals surface area contributed by atoms with E-state index < -0.39 is 9.84 Å². The number of rotatable bonds is 5. The van der Waals surface area contributed by atoms with E-state index in [-0.39, 0.29) is 11.8 Å². The van der Waals surface area contributed by atoms with E-state index in [1.54, 1.807) is 0 Å². The summed E-state index contributed by atoms with van der Waals surface area (Å²) in [6.07, 6.45) is 2.13. The summed E-state index contributed by atoms with van der Waals surface area (Å²) in [4.78, 5) is 2.13. The summed E-state index contributed by atoms with van der Waals surface area (Å²) < 4.78 is 33.8. The maximum atomic E-state index is 11.3. The third kappa shape index (κ3) is 4.06. The Bertz CT molecular complexity index is 508. The molecule has 1 fully saturated rings. The normalized spacial score (nSPS) is 21.7. The molecule has 108 valence electrons. The van der Waals surface area contributed by atoms with Gasteiger partial charge in [0.15, 0.2) is 0 Å². The number of aryl methyl sites for hydroxylation is 1. The first-order valence-corrected chi connectivity index (χ1v) is 8.64. The number of sulfone groups is 1. The van der Waals surface area contributed by atoms with Gasteiger partial charge >= 0.3 is 0 Å². The number of morpholine rings is 1. The Morgan fingerprint density at radius 3 is 2.84 bits per heavy atom. The standard InChI is InChI=1S/C13H21NO4S/c1-3-11-4-5-13(18-11)12-10-17-8-6-14(12)7-9-19(2,15)16/h4-5,12H,3,6-10H2,1-2H3. The average molecular weight is 287 g/mol. The molecule has 0 aliphatic carbocycles. The molecule has 1 atom stereocenters. The predicted octanol–water partition coefficient (Wildman–Crippen LogP) is 1.26. The van der Waals surface area contributed by atoms with E-state index in [0.717, 1.165) is 24.5 Å². The lowest BCUT2D eigenvalue weighted by molar-refractivity contribution is -0.0133. The van der Waals surface area contributed by atoms with Gasteiger partial charge in [-0.25, -0.2) is 8.42 Å². The molecule has 0 saturated carbocycles. The Balaban J connectivity index is 2.07. The first-order valence-electron chi connectivity index (χ1n) is 6.57. The van der Waals surface area contributed by atoms with Crippen molar-refractivity contribution in [3.63, 3.8) is 0 Å². The number of furan rings is 1. The smallest absolute Gasteiger partial charge is 0.148 e. The van der Waals surface area contributed by atoms with Crippen molar-refractivity contribution in [3.8, 4) is 0 Å². The third-order valence-corrected chi connectivity index (χ3v) is 4.27. The molecule has 1 aromatic rings. The predicted molar refractivity (Wildman–Crippen MR) is 72.9 cm³/mol. The molecule has 2 heterocycles. The summed E-state index contributed by atoms with van der Waals surface area (Å²) in [5.41, 5.74) is 0. The van der Waals surface area contributed by atoms with Crippen molar-refractivity contribution in [2.75, 3.05) is 38.3 Å². The average Bonchev–Trinajstić information content (AvgIpc) is 2.84. The van der Waals surface area contributed by atoms with Gasteiger partial charge in [0.05, 0.1) is 25.0 Å². The van der Waals surface area contributed by atoms with Crippen LogP contribution in [0.4, 0.5) is 0 Å². The van der Waals surface area contributed by atoms with Gasteiger partial charge in [-0.1, -0.05) is 6.92 Å².